The largest absolute Gasteiger partial charge is 0.548 e. The van der Waals surface area contributed by atoms with Gasteiger partial charge in [0.25, 0.3) is 5.91 Å². The van der Waals surface area contributed by atoms with E-state index < -0.39 is 23.5 Å². The zero-order valence-electron chi connectivity index (χ0n) is 16.5. The van der Waals surface area contributed by atoms with Crippen molar-refractivity contribution in [3.63, 3.8) is 0 Å². The highest BCUT2D eigenvalue weighted by Crippen LogP contribution is 2.29. The first-order valence-electron chi connectivity index (χ1n) is 9.56. The average molecular weight is 388 g/mol. The van der Waals surface area contributed by atoms with E-state index in [1.54, 1.807) is 13.0 Å². The zero-order valence-corrected chi connectivity index (χ0v) is 16.5. The number of aliphatic carboxylic acids is 1. The maximum absolute atomic E-state index is 12.0. The summed E-state index contributed by atoms with van der Waals surface area (Å²) >= 11 is 0. The normalized spacial score (nSPS) is 12.0. The van der Waals surface area contributed by atoms with Crippen molar-refractivity contribution in [3.05, 3.63) is 39.7 Å². The molecular weight excluding hydrogens is 362 g/mol. The SMILES string of the molecule is CCCCc1cc(=O)oc2c(C)c(OCC(=O)N[C@H](CCC)C(=O)[O-])ccc12. The van der Waals surface area contributed by atoms with Gasteiger partial charge in [-0.2, -0.15) is 0 Å². The van der Waals surface area contributed by atoms with Gasteiger partial charge in [-0.05, 0) is 43.9 Å². The van der Waals surface area contributed by atoms with E-state index in [0.717, 1.165) is 30.2 Å². The fourth-order valence-corrected chi connectivity index (χ4v) is 3.06. The number of benzene rings is 1. The first-order valence-corrected chi connectivity index (χ1v) is 9.56. The molecule has 1 heterocycles. The van der Waals surface area contributed by atoms with Gasteiger partial charge in [0.15, 0.2) is 6.61 Å². The molecule has 7 heteroatoms. The lowest BCUT2D eigenvalue weighted by molar-refractivity contribution is -0.308. The Morgan fingerprint density at radius 2 is 2.00 bits per heavy atom. The van der Waals surface area contributed by atoms with Gasteiger partial charge in [-0.1, -0.05) is 26.7 Å². The van der Waals surface area contributed by atoms with Crippen molar-refractivity contribution >= 4 is 22.8 Å². The number of carboxylic acids is 1. The number of carbonyl (C=O) groups is 2. The molecule has 152 valence electrons. The molecule has 1 N–H and O–H groups in total. The van der Waals surface area contributed by atoms with Crippen molar-refractivity contribution in [2.75, 3.05) is 6.61 Å². The van der Waals surface area contributed by atoms with E-state index in [0.29, 0.717) is 23.3 Å². The van der Waals surface area contributed by atoms with Crippen molar-refractivity contribution in [2.45, 2.75) is 58.9 Å². The highest BCUT2D eigenvalue weighted by molar-refractivity contribution is 5.86. The summed E-state index contributed by atoms with van der Waals surface area (Å²) < 4.78 is 10.9. The molecule has 28 heavy (non-hydrogen) atoms. The third kappa shape index (κ3) is 5.34. The number of carboxylic acid groups (broad SMARTS) is 1. The Bertz CT molecular complexity index is 902. The Morgan fingerprint density at radius 1 is 1.25 bits per heavy atom. The van der Waals surface area contributed by atoms with Crippen LogP contribution in [0, 0.1) is 6.92 Å². The molecule has 0 unspecified atom stereocenters. The predicted octanol–water partition coefficient (Wildman–Crippen LogP) is 1.86. The Labute approximate surface area is 163 Å². The van der Waals surface area contributed by atoms with Crippen LogP contribution in [0.5, 0.6) is 5.75 Å². The number of ether oxygens (including phenoxy) is 1. The Kier molecular flexibility index (Phi) is 7.61. The molecule has 0 bridgehead atoms. The van der Waals surface area contributed by atoms with Crippen LogP contribution in [0.3, 0.4) is 0 Å². The van der Waals surface area contributed by atoms with Crippen LogP contribution in [-0.4, -0.2) is 24.5 Å². The standard InChI is InChI=1S/C21H27NO6/c1-4-6-8-14-11-19(24)28-20-13(3)17(10-9-15(14)20)27-12-18(23)22-16(7-5-2)21(25)26/h9-11,16H,4-8,12H2,1-3H3,(H,22,23)(H,25,26)/p-1/t16-/m1/s1. The lowest BCUT2D eigenvalue weighted by Gasteiger charge is -2.19. The monoisotopic (exact) mass is 388 g/mol. The lowest BCUT2D eigenvalue weighted by atomic mass is 10.0. The van der Waals surface area contributed by atoms with Gasteiger partial charge in [0, 0.05) is 17.0 Å². The number of hydrogen-bond donors (Lipinski definition) is 1. The van der Waals surface area contributed by atoms with E-state index in [4.69, 9.17) is 9.15 Å². The van der Waals surface area contributed by atoms with E-state index in [9.17, 15) is 19.5 Å². The second-order valence-corrected chi connectivity index (χ2v) is 6.78. The molecule has 1 amide bonds. The van der Waals surface area contributed by atoms with Crippen molar-refractivity contribution in [2.24, 2.45) is 0 Å². The molecule has 0 saturated carbocycles. The molecule has 2 aromatic rings. The van der Waals surface area contributed by atoms with E-state index in [1.165, 1.54) is 6.07 Å². The van der Waals surface area contributed by atoms with E-state index in [2.05, 4.69) is 12.2 Å². The van der Waals surface area contributed by atoms with Crippen LogP contribution in [0.1, 0.15) is 50.7 Å². The molecule has 1 aromatic carbocycles. The van der Waals surface area contributed by atoms with Gasteiger partial charge < -0.3 is 24.4 Å². The smallest absolute Gasteiger partial charge is 0.336 e. The molecule has 0 aliphatic rings. The molecule has 0 fully saturated rings. The van der Waals surface area contributed by atoms with Crippen LogP contribution in [0.2, 0.25) is 0 Å². The lowest BCUT2D eigenvalue weighted by Crippen LogP contribution is -2.49. The van der Waals surface area contributed by atoms with Crippen LogP contribution >= 0.6 is 0 Å². The summed E-state index contributed by atoms with van der Waals surface area (Å²) in [5.74, 6) is -1.47. The quantitative estimate of drug-likeness (QED) is 0.622. The van der Waals surface area contributed by atoms with Crippen LogP contribution in [0.25, 0.3) is 11.0 Å². The minimum Gasteiger partial charge on any atom is -0.548 e. The van der Waals surface area contributed by atoms with Gasteiger partial charge in [-0.3, -0.25) is 4.79 Å². The molecule has 1 atom stereocenters. The average Bonchev–Trinajstić information content (AvgIpc) is 2.65. The van der Waals surface area contributed by atoms with Crippen LogP contribution in [-0.2, 0) is 16.0 Å². The third-order valence-electron chi connectivity index (χ3n) is 4.55. The molecule has 0 spiro atoms. The second kappa shape index (κ2) is 9.92. The van der Waals surface area contributed by atoms with Crippen LogP contribution < -0.4 is 20.8 Å². The highest BCUT2D eigenvalue weighted by atomic mass is 16.5. The summed E-state index contributed by atoms with van der Waals surface area (Å²) in [6.07, 6.45) is 3.65. The fraction of sp³-hybridized carbons (Fsp3) is 0.476. The Morgan fingerprint density at radius 3 is 2.64 bits per heavy atom. The fourth-order valence-electron chi connectivity index (χ4n) is 3.06. The molecule has 0 aliphatic heterocycles. The summed E-state index contributed by atoms with van der Waals surface area (Å²) in [6.45, 7) is 5.31. The summed E-state index contributed by atoms with van der Waals surface area (Å²) in [6, 6.07) is 4.00. The van der Waals surface area contributed by atoms with Crippen molar-refractivity contribution in [1.29, 1.82) is 0 Å². The first kappa shape index (κ1) is 21.5. The summed E-state index contributed by atoms with van der Waals surface area (Å²) in [5, 5.41) is 14.3. The van der Waals surface area contributed by atoms with Gasteiger partial charge in [-0.15, -0.1) is 0 Å². The number of aryl methyl sites for hydroxylation is 2. The number of carbonyl (C=O) groups excluding carboxylic acids is 2. The number of rotatable bonds is 10. The van der Waals surface area contributed by atoms with Gasteiger partial charge in [-0.25, -0.2) is 4.79 Å². The molecule has 1 aromatic heterocycles. The number of amides is 1. The van der Waals surface area contributed by atoms with Crippen LogP contribution in [0.15, 0.2) is 27.4 Å². The van der Waals surface area contributed by atoms with Crippen LogP contribution in [0.4, 0.5) is 0 Å². The zero-order chi connectivity index (χ0) is 20.7. The summed E-state index contributed by atoms with van der Waals surface area (Å²) in [7, 11) is 0. The second-order valence-electron chi connectivity index (χ2n) is 6.78. The van der Waals surface area contributed by atoms with Gasteiger partial charge >= 0.3 is 5.63 Å². The number of unbranched alkanes of at least 4 members (excludes halogenated alkanes) is 1. The van der Waals surface area contributed by atoms with Gasteiger partial charge in [0.05, 0.1) is 12.0 Å². The molecule has 0 radical (unpaired) electrons. The predicted molar refractivity (Wildman–Crippen MR) is 103 cm³/mol. The van der Waals surface area contributed by atoms with E-state index in [1.807, 2.05) is 13.0 Å². The van der Waals surface area contributed by atoms with E-state index >= 15 is 0 Å². The summed E-state index contributed by atoms with van der Waals surface area (Å²) in [5.41, 5.74) is 1.56. The molecule has 2 rings (SSSR count). The minimum atomic E-state index is -1.32. The van der Waals surface area contributed by atoms with Crippen molar-refractivity contribution in [1.82, 2.24) is 5.32 Å². The highest BCUT2D eigenvalue weighted by Gasteiger charge is 2.15. The number of hydrogen-bond acceptors (Lipinski definition) is 6. The molecule has 0 aliphatic carbocycles. The van der Waals surface area contributed by atoms with Crippen molar-refractivity contribution < 1.29 is 23.8 Å². The minimum absolute atomic E-state index is 0.286. The van der Waals surface area contributed by atoms with Gasteiger partial charge in [0.1, 0.15) is 11.3 Å². The molecular formula is C21H26NO6-. The van der Waals surface area contributed by atoms with Crippen molar-refractivity contribution in [3.8, 4) is 5.75 Å². The Hall–Kier alpha value is -2.83. The maximum Gasteiger partial charge on any atom is 0.336 e. The Balaban J connectivity index is 2.17. The molecule has 7 nitrogen and oxygen atoms in total. The third-order valence-corrected chi connectivity index (χ3v) is 4.55. The molecule has 0 saturated heterocycles. The number of nitrogens with one attached hydrogen (secondary N) is 1. The number of fused-ring (bicyclic) bond motifs is 1. The maximum atomic E-state index is 12.0. The summed E-state index contributed by atoms with van der Waals surface area (Å²) in [4.78, 5) is 34.9. The van der Waals surface area contributed by atoms with E-state index in [-0.39, 0.29) is 13.0 Å². The first-order chi connectivity index (χ1) is 13.4. The topological polar surface area (TPSA) is 109 Å². The van der Waals surface area contributed by atoms with Gasteiger partial charge in [0.2, 0.25) is 0 Å².